The van der Waals surface area contributed by atoms with E-state index < -0.39 is 11.7 Å². The average molecular weight is 297 g/mol. The number of carbonyl (C=O) groups excluding carboxylic acids is 1. The minimum atomic E-state index is -4.37. The molecule has 114 valence electrons. The lowest BCUT2D eigenvalue weighted by Gasteiger charge is -2.32. The van der Waals surface area contributed by atoms with Gasteiger partial charge in [-0.1, -0.05) is 24.6 Å². The smallest absolute Gasteiger partial charge is 0.335 e. The predicted molar refractivity (Wildman–Crippen MR) is 72.4 cm³/mol. The zero-order valence-corrected chi connectivity index (χ0v) is 11.7. The van der Waals surface area contributed by atoms with Crippen molar-refractivity contribution in [2.24, 2.45) is 5.92 Å². The van der Waals surface area contributed by atoms with Crippen LogP contribution in [0.15, 0.2) is 24.3 Å². The summed E-state index contributed by atoms with van der Waals surface area (Å²) in [6.07, 6.45) is 0.255. The summed E-state index contributed by atoms with van der Waals surface area (Å²) >= 11 is 0. The number of rotatable bonds is 4. The standard InChI is InChI=1S/C16H18F3NO/c17-16(18,19)14-7-2-1-4-12(14)10-20(13-8-9-13)15(21)11-5-3-6-11/h1-2,4,7,11,13H,3,5-6,8-10H2. The number of halogens is 3. The molecule has 0 aromatic heterocycles. The van der Waals surface area contributed by atoms with Crippen molar-refractivity contribution in [2.75, 3.05) is 0 Å². The molecule has 0 spiro atoms. The number of alkyl halides is 3. The number of nitrogens with zero attached hydrogens (tertiary/aromatic N) is 1. The van der Waals surface area contributed by atoms with E-state index in [1.807, 2.05) is 0 Å². The maximum atomic E-state index is 13.0. The van der Waals surface area contributed by atoms with Crippen molar-refractivity contribution in [3.8, 4) is 0 Å². The molecular weight excluding hydrogens is 279 g/mol. The highest BCUT2D eigenvalue weighted by Crippen LogP contribution is 2.37. The number of hydrogen-bond acceptors (Lipinski definition) is 1. The Morgan fingerprint density at radius 1 is 1.14 bits per heavy atom. The molecule has 0 N–H and O–H groups in total. The Balaban J connectivity index is 1.81. The van der Waals surface area contributed by atoms with Crippen molar-refractivity contribution in [1.29, 1.82) is 0 Å². The molecule has 1 aromatic rings. The van der Waals surface area contributed by atoms with Gasteiger partial charge in [-0.25, -0.2) is 0 Å². The van der Waals surface area contributed by atoms with Gasteiger partial charge in [0.2, 0.25) is 5.91 Å². The van der Waals surface area contributed by atoms with E-state index in [0.29, 0.717) is 0 Å². The van der Waals surface area contributed by atoms with Crippen LogP contribution in [0.5, 0.6) is 0 Å². The van der Waals surface area contributed by atoms with Gasteiger partial charge in [-0.15, -0.1) is 0 Å². The van der Waals surface area contributed by atoms with Crippen molar-refractivity contribution in [3.63, 3.8) is 0 Å². The topological polar surface area (TPSA) is 20.3 Å². The molecule has 2 saturated carbocycles. The normalized spacial score (nSPS) is 19.2. The molecule has 5 heteroatoms. The Labute approximate surface area is 121 Å². The fraction of sp³-hybridized carbons (Fsp3) is 0.562. The predicted octanol–water partition coefficient (Wildman–Crippen LogP) is 4.00. The van der Waals surface area contributed by atoms with Crippen LogP contribution in [0, 0.1) is 5.92 Å². The third-order valence-corrected chi connectivity index (χ3v) is 4.39. The molecular formula is C16H18F3NO. The van der Waals surface area contributed by atoms with Gasteiger partial charge in [0.1, 0.15) is 0 Å². The summed E-state index contributed by atoms with van der Waals surface area (Å²) < 4.78 is 39.1. The molecule has 2 fully saturated rings. The third-order valence-electron chi connectivity index (χ3n) is 4.39. The zero-order chi connectivity index (χ0) is 15.0. The molecule has 0 saturated heterocycles. The quantitative estimate of drug-likeness (QED) is 0.822. The van der Waals surface area contributed by atoms with Crippen LogP contribution in [-0.4, -0.2) is 16.8 Å². The van der Waals surface area contributed by atoms with Gasteiger partial charge in [0.05, 0.1) is 5.56 Å². The van der Waals surface area contributed by atoms with Crippen molar-refractivity contribution in [2.45, 2.75) is 50.9 Å². The first kappa shape index (κ1) is 14.4. The van der Waals surface area contributed by atoms with Crippen LogP contribution in [0.4, 0.5) is 13.2 Å². The van der Waals surface area contributed by atoms with Gasteiger partial charge in [0, 0.05) is 18.5 Å². The molecule has 0 atom stereocenters. The van der Waals surface area contributed by atoms with E-state index in [0.717, 1.165) is 38.2 Å². The summed E-state index contributed by atoms with van der Waals surface area (Å²) in [6, 6.07) is 5.70. The summed E-state index contributed by atoms with van der Waals surface area (Å²) in [4.78, 5) is 14.1. The van der Waals surface area contributed by atoms with Crippen LogP contribution in [0.1, 0.15) is 43.2 Å². The Bertz CT molecular complexity index is 533. The van der Waals surface area contributed by atoms with Gasteiger partial charge >= 0.3 is 6.18 Å². The fourth-order valence-corrected chi connectivity index (χ4v) is 2.78. The first-order chi connectivity index (χ1) is 9.97. The van der Waals surface area contributed by atoms with E-state index in [9.17, 15) is 18.0 Å². The molecule has 1 aromatic carbocycles. The molecule has 2 nitrogen and oxygen atoms in total. The van der Waals surface area contributed by atoms with Crippen molar-refractivity contribution >= 4 is 5.91 Å². The second-order valence-electron chi connectivity index (χ2n) is 5.98. The molecule has 0 heterocycles. The summed E-state index contributed by atoms with van der Waals surface area (Å²) in [6.45, 7) is 0.0791. The molecule has 3 rings (SSSR count). The minimum Gasteiger partial charge on any atom is -0.335 e. The van der Waals surface area contributed by atoms with Crippen LogP contribution in [0.2, 0.25) is 0 Å². The second-order valence-corrected chi connectivity index (χ2v) is 5.98. The zero-order valence-electron chi connectivity index (χ0n) is 11.7. The highest BCUT2D eigenvalue weighted by atomic mass is 19.4. The van der Waals surface area contributed by atoms with Gasteiger partial charge in [0.15, 0.2) is 0 Å². The van der Waals surface area contributed by atoms with Crippen LogP contribution in [-0.2, 0) is 17.5 Å². The monoisotopic (exact) mass is 297 g/mol. The van der Waals surface area contributed by atoms with Crippen LogP contribution in [0.3, 0.4) is 0 Å². The lowest BCUT2D eigenvalue weighted by atomic mass is 9.84. The molecule has 0 unspecified atom stereocenters. The first-order valence-corrected chi connectivity index (χ1v) is 7.42. The minimum absolute atomic E-state index is 0.0312. The molecule has 0 aliphatic heterocycles. The van der Waals surface area contributed by atoms with Gasteiger partial charge in [-0.05, 0) is 37.3 Å². The molecule has 1 amide bonds. The van der Waals surface area contributed by atoms with Gasteiger partial charge in [-0.2, -0.15) is 13.2 Å². The van der Waals surface area contributed by atoms with Gasteiger partial charge in [-0.3, -0.25) is 4.79 Å². The number of hydrogen-bond donors (Lipinski definition) is 0. The SMILES string of the molecule is O=C(C1CCC1)N(Cc1ccccc1C(F)(F)F)C1CC1. The van der Waals surface area contributed by atoms with Crippen molar-refractivity contribution < 1.29 is 18.0 Å². The largest absolute Gasteiger partial charge is 0.416 e. The maximum Gasteiger partial charge on any atom is 0.416 e. The van der Waals surface area contributed by atoms with Crippen molar-refractivity contribution in [1.82, 2.24) is 4.90 Å². The van der Waals surface area contributed by atoms with E-state index in [1.54, 1.807) is 11.0 Å². The Hall–Kier alpha value is -1.52. The summed E-state index contributed by atoms with van der Waals surface area (Å²) in [7, 11) is 0. The Morgan fingerprint density at radius 2 is 1.81 bits per heavy atom. The van der Waals surface area contributed by atoms with Gasteiger partial charge in [0.25, 0.3) is 0 Å². The molecule has 0 bridgehead atoms. The van der Waals surface area contributed by atoms with E-state index in [2.05, 4.69) is 0 Å². The van der Waals surface area contributed by atoms with E-state index in [4.69, 9.17) is 0 Å². The summed E-state index contributed by atoms with van der Waals surface area (Å²) in [5, 5.41) is 0. The Kier molecular flexibility index (Phi) is 3.68. The Morgan fingerprint density at radius 3 is 2.33 bits per heavy atom. The third kappa shape index (κ3) is 3.06. The molecule has 2 aliphatic rings. The fourth-order valence-electron chi connectivity index (χ4n) is 2.78. The van der Waals surface area contributed by atoms with E-state index in [1.165, 1.54) is 12.1 Å². The number of carbonyl (C=O) groups is 1. The number of benzene rings is 1. The van der Waals surface area contributed by atoms with Crippen molar-refractivity contribution in [3.05, 3.63) is 35.4 Å². The molecule has 21 heavy (non-hydrogen) atoms. The summed E-state index contributed by atoms with van der Waals surface area (Å²) in [5.74, 6) is 0.0735. The first-order valence-electron chi connectivity index (χ1n) is 7.42. The molecule has 2 aliphatic carbocycles. The highest BCUT2D eigenvalue weighted by Gasteiger charge is 2.39. The number of amides is 1. The van der Waals surface area contributed by atoms with Crippen LogP contribution < -0.4 is 0 Å². The molecule has 0 radical (unpaired) electrons. The van der Waals surface area contributed by atoms with Crippen LogP contribution >= 0.6 is 0 Å². The van der Waals surface area contributed by atoms with Gasteiger partial charge < -0.3 is 4.90 Å². The van der Waals surface area contributed by atoms with Crippen LogP contribution in [0.25, 0.3) is 0 Å². The second kappa shape index (κ2) is 5.35. The average Bonchev–Trinajstić information content (AvgIpc) is 3.17. The van der Waals surface area contributed by atoms with E-state index >= 15 is 0 Å². The maximum absolute atomic E-state index is 13.0. The highest BCUT2D eigenvalue weighted by molar-refractivity contribution is 5.80. The lowest BCUT2D eigenvalue weighted by Crippen LogP contribution is -2.40. The van der Waals surface area contributed by atoms with E-state index in [-0.39, 0.29) is 30.0 Å². The lowest BCUT2D eigenvalue weighted by molar-refractivity contribution is -0.142. The summed E-state index contributed by atoms with van der Waals surface area (Å²) in [5.41, 5.74) is -0.429.